The number of aliphatic carboxylic acids is 1. The summed E-state index contributed by atoms with van der Waals surface area (Å²) in [6.07, 6.45) is 0.0915. The van der Waals surface area contributed by atoms with E-state index >= 15 is 0 Å². The molecule has 1 aromatic rings. The number of carboxylic acid groups (broad SMARTS) is 1. The second kappa shape index (κ2) is 5.00. The van der Waals surface area contributed by atoms with Gasteiger partial charge >= 0.3 is 5.97 Å². The Balaban J connectivity index is 2.35. The molecular formula is C12H15ClN2O4S. The summed E-state index contributed by atoms with van der Waals surface area (Å²) in [6.45, 7) is 1.50. The van der Waals surface area contributed by atoms with E-state index in [0.29, 0.717) is 10.6 Å². The number of aryl methyl sites for hydroxylation is 1. The van der Waals surface area contributed by atoms with Gasteiger partial charge in [-0.05, 0) is 37.1 Å². The van der Waals surface area contributed by atoms with E-state index in [1.165, 1.54) is 12.1 Å². The van der Waals surface area contributed by atoms with Crippen LogP contribution < -0.4 is 5.73 Å². The molecule has 1 atom stereocenters. The van der Waals surface area contributed by atoms with Gasteiger partial charge in [0.05, 0.1) is 4.90 Å². The molecule has 110 valence electrons. The van der Waals surface area contributed by atoms with Crippen molar-refractivity contribution in [2.75, 3.05) is 13.1 Å². The third kappa shape index (κ3) is 2.54. The van der Waals surface area contributed by atoms with E-state index in [1.54, 1.807) is 13.0 Å². The molecule has 8 heteroatoms. The largest absolute Gasteiger partial charge is 0.480 e. The van der Waals surface area contributed by atoms with E-state index in [2.05, 4.69) is 0 Å². The summed E-state index contributed by atoms with van der Waals surface area (Å²) in [5.74, 6) is -1.19. The lowest BCUT2D eigenvalue weighted by molar-refractivity contribution is -0.142. The van der Waals surface area contributed by atoms with Gasteiger partial charge in [0.15, 0.2) is 0 Å². The third-order valence-electron chi connectivity index (χ3n) is 3.45. The smallest absolute Gasteiger partial charge is 0.325 e. The quantitative estimate of drug-likeness (QED) is 0.859. The molecule has 1 aliphatic rings. The molecule has 1 heterocycles. The van der Waals surface area contributed by atoms with Gasteiger partial charge in [-0.2, -0.15) is 4.31 Å². The van der Waals surface area contributed by atoms with Crippen LogP contribution in [-0.2, 0) is 14.8 Å². The molecule has 0 bridgehead atoms. The van der Waals surface area contributed by atoms with Crippen LogP contribution in [0.15, 0.2) is 23.1 Å². The summed E-state index contributed by atoms with van der Waals surface area (Å²) < 4.78 is 26.1. The van der Waals surface area contributed by atoms with Crippen LogP contribution in [-0.4, -0.2) is 42.4 Å². The van der Waals surface area contributed by atoms with Crippen molar-refractivity contribution in [1.29, 1.82) is 0 Å². The summed E-state index contributed by atoms with van der Waals surface area (Å²) in [4.78, 5) is 11.2. The summed E-state index contributed by atoms with van der Waals surface area (Å²) >= 11 is 5.81. The van der Waals surface area contributed by atoms with Gasteiger partial charge in [0, 0.05) is 18.1 Å². The van der Waals surface area contributed by atoms with Crippen molar-refractivity contribution in [3.8, 4) is 0 Å². The summed E-state index contributed by atoms with van der Waals surface area (Å²) in [7, 11) is -3.76. The average Bonchev–Trinajstić information content (AvgIpc) is 2.73. The summed E-state index contributed by atoms with van der Waals surface area (Å²) in [5, 5.41) is 9.50. The molecule has 0 aromatic heterocycles. The Hall–Kier alpha value is -1.15. The fourth-order valence-corrected chi connectivity index (χ4v) is 4.16. The number of benzene rings is 1. The Bertz CT molecular complexity index is 661. The van der Waals surface area contributed by atoms with Crippen molar-refractivity contribution in [1.82, 2.24) is 4.31 Å². The number of nitrogens with two attached hydrogens (primary N) is 1. The zero-order chi connectivity index (χ0) is 15.1. The standard InChI is InChI=1S/C12H15ClN2O4S/c1-8-6-9(13)2-3-10(8)20(18,19)15-5-4-12(14,7-15)11(16)17/h2-3,6H,4-5,7,14H2,1H3,(H,16,17). The van der Waals surface area contributed by atoms with Crippen LogP contribution in [0.5, 0.6) is 0 Å². The van der Waals surface area contributed by atoms with Gasteiger partial charge in [-0.1, -0.05) is 11.6 Å². The zero-order valence-electron chi connectivity index (χ0n) is 10.8. The first-order chi connectivity index (χ1) is 9.17. The van der Waals surface area contributed by atoms with E-state index in [1.807, 2.05) is 0 Å². The van der Waals surface area contributed by atoms with E-state index in [9.17, 15) is 13.2 Å². The topological polar surface area (TPSA) is 101 Å². The van der Waals surface area contributed by atoms with Gasteiger partial charge in [0.2, 0.25) is 10.0 Å². The molecule has 1 unspecified atom stereocenters. The van der Waals surface area contributed by atoms with Crippen LogP contribution in [0.1, 0.15) is 12.0 Å². The van der Waals surface area contributed by atoms with Gasteiger partial charge < -0.3 is 10.8 Å². The van der Waals surface area contributed by atoms with Gasteiger partial charge in [0.1, 0.15) is 5.54 Å². The number of rotatable bonds is 3. The van der Waals surface area contributed by atoms with E-state index in [0.717, 1.165) is 4.31 Å². The molecule has 3 N–H and O–H groups in total. The Morgan fingerprint density at radius 3 is 2.65 bits per heavy atom. The molecule has 0 spiro atoms. The maximum atomic E-state index is 12.5. The van der Waals surface area contributed by atoms with Gasteiger partial charge in [0.25, 0.3) is 0 Å². The first-order valence-electron chi connectivity index (χ1n) is 5.95. The minimum Gasteiger partial charge on any atom is -0.480 e. The molecule has 1 fully saturated rings. The molecule has 1 saturated heterocycles. The van der Waals surface area contributed by atoms with Crippen molar-refractivity contribution in [2.24, 2.45) is 5.73 Å². The average molecular weight is 319 g/mol. The molecule has 0 aliphatic carbocycles. The third-order valence-corrected chi connectivity index (χ3v) is 5.69. The van der Waals surface area contributed by atoms with Crippen molar-refractivity contribution in [3.05, 3.63) is 28.8 Å². The van der Waals surface area contributed by atoms with Crippen molar-refractivity contribution in [3.63, 3.8) is 0 Å². The number of sulfonamides is 1. The first kappa shape index (κ1) is 15.2. The Labute approximate surface area is 122 Å². The second-order valence-corrected chi connectivity index (χ2v) is 7.30. The van der Waals surface area contributed by atoms with E-state index < -0.39 is 21.5 Å². The van der Waals surface area contributed by atoms with Crippen LogP contribution in [0, 0.1) is 6.92 Å². The molecule has 20 heavy (non-hydrogen) atoms. The maximum Gasteiger partial charge on any atom is 0.325 e. The molecule has 0 saturated carbocycles. The van der Waals surface area contributed by atoms with Gasteiger partial charge in [-0.3, -0.25) is 4.79 Å². The molecule has 1 aliphatic heterocycles. The monoisotopic (exact) mass is 318 g/mol. The minimum absolute atomic E-state index is 0.0905. The molecule has 2 rings (SSSR count). The minimum atomic E-state index is -3.76. The first-order valence-corrected chi connectivity index (χ1v) is 7.77. The number of carbonyl (C=O) groups is 1. The normalized spacial score (nSPS) is 23.9. The highest BCUT2D eigenvalue weighted by Gasteiger charge is 2.45. The lowest BCUT2D eigenvalue weighted by Gasteiger charge is -2.20. The van der Waals surface area contributed by atoms with Crippen molar-refractivity contribution < 1.29 is 18.3 Å². The fourth-order valence-electron chi connectivity index (χ4n) is 2.22. The van der Waals surface area contributed by atoms with Crippen molar-refractivity contribution in [2.45, 2.75) is 23.8 Å². The summed E-state index contributed by atoms with van der Waals surface area (Å²) in [6, 6.07) is 4.46. The molecule has 1 aromatic carbocycles. The second-order valence-electron chi connectivity index (χ2n) is 4.96. The lowest BCUT2D eigenvalue weighted by Crippen LogP contribution is -2.50. The van der Waals surface area contributed by atoms with E-state index in [4.69, 9.17) is 22.4 Å². The van der Waals surface area contributed by atoms with Crippen LogP contribution in [0.4, 0.5) is 0 Å². The van der Waals surface area contributed by atoms with Crippen molar-refractivity contribution >= 4 is 27.6 Å². The number of hydrogen-bond acceptors (Lipinski definition) is 4. The molecule has 6 nitrogen and oxygen atoms in total. The van der Waals surface area contributed by atoms with E-state index in [-0.39, 0.29) is 24.4 Å². The number of nitrogens with zero attached hydrogens (tertiary/aromatic N) is 1. The predicted octanol–water partition coefficient (Wildman–Crippen LogP) is 0.825. The maximum absolute atomic E-state index is 12.5. The number of halogens is 1. The highest BCUT2D eigenvalue weighted by molar-refractivity contribution is 7.89. The predicted molar refractivity (Wildman–Crippen MR) is 74.1 cm³/mol. The Kier molecular flexibility index (Phi) is 3.81. The van der Waals surface area contributed by atoms with Crippen LogP contribution in [0.3, 0.4) is 0 Å². The Morgan fingerprint density at radius 2 is 2.15 bits per heavy atom. The molecule has 0 amide bonds. The Morgan fingerprint density at radius 1 is 1.50 bits per heavy atom. The number of hydrogen-bond donors (Lipinski definition) is 2. The summed E-state index contributed by atoms with van der Waals surface area (Å²) in [5.41, 5.74) is 4.70. The van der Waals surface area contributed by atoms with Gasteiger partial charge in [-0.25, -0.2) is 8.42 Å². The van der Waals surface area contributed by atoms with Crippen LogP contribution in [0.25, 0.3) is 0 Å². The molecular weight excluding hydrogens is 304 g/mol. The lowest BCUT2D eigenvalue weighted by atomic mass is 10.0. The van der Waals surface area contributed by atoms with Crippen LogP contribution in [0.2, 0.25) is 5.02 Å². The molecule has 0 radical (unpaired) electrons. The number of carboxylic acids is 1. The zero-order valence-corrected chi connectivity index (χ0v) is 12.4. The van der Waals surface area contributed by atoms with Gasteiger partial charge in [-0.15, -0.1) is 0 Å². The highest BCUT2D eigenvalue weighted by Crippen LogP contribution is 2.28. The SMILES string of the molecule is Cc1cc(Cl)ccc1S(=O)(=O)N1CCC(N)(C(=O)O)C1. The van der Waals surface area contributed by atoms with Crippen LogP contribution >= 0.6 is 11.6 Å². The fraction of sp³-hybridized carbons (Fsp3) is 0.417. The highest BCUT2D eigenvalue weighted by atomic mass is 35.5.